The van der Waals surface area contributed by atoms with Crippen molar-refractivity contribution in [2.45, 2.75) is 12.3 Å². The lowest BCUT2D eigenvalue weighted by Gasteiger charge is -2.11. The van der Waals surface area contributed by atoms with Crippen molar-refractivity contribution in [3.63, 3.8) is 0 Å². The third-order valence-electron chi connectivity index (χ3n) is 3.37. The number of rotatable bonds is 3. The van der Waals surface area contributed by atoms with Crippen LogP contribution < -0.4 is 4.74 Å². The highest BCUT2D eigenvalue weighted by Crippen LogP contribution is 2.33. The van der Waals surface area contributed by atoms with E-state index in [4.69, 9.17) is 16.3 Å². The molecule has 0 aliphatic carbocycles. The predicted octanol–water partition coefficient (Wildman–Crippen LogP) is 5.88. The molecule has 1 heterocycles. The molecule has 0 unspecified atom stereocenters. The van der Waals surface area contributed by atoms with E-state index in [9.17, 15) is 0 Å². The minimum Gasteiger partial charge on any atom is -0.455 e. The average molecular weight is 363 g/mol. The Morgan fingerprint density at radius 2 is 2.05 bits per heavy atom. The average Bonchev–Trinajstić information content (AvgIpc) is 2.51. The van der Waals surface area contributed by atoms with Gasteiger partial charge in [-0.05, 0) is 54.4 Å². The first-order valence-electron chi connectivity index (χ1n) is 6.55. The number of hydrogen-bond acceptors (Lipinski definition) is 2. The molecule has 0 saturated carbocycles. The molecule has 0 radical (unpaired) electrons. The van der Waals surface area contributed by atoms with Gasteiger partial charge in [0.15, 0.2) is 5.75 Å². The van der Waals surface area contributed by atoms with E-state index in [-0.39, 0.29) is 0 Å². The van der Waals surface area contributed by atoms with Crippen LogP contribution in [0.2, 0.25) is 5.02 Å². The van der Waals surface area contributed by atoms with Crippen LogP contribution in [0.1, 0.15) is 11.1 Å². The second kappa shape index (κ2) is 6.04. The Balaban J connectivity index is 2.02. The fourth-order valence-corrected chi connectivity index (χ4v) is 3.05. The zero-order valence-electron chi connectivity index (χ0n) is 11.4. The molecule has 3 aromatic rings. The van der Waals surface area contributed by atoms with E-state index in [1.54, 1.807) is 6.20 Å². The fraction of sp³-hybridized carbons (Fsp3) is 0.118. The lowest BCUT2D eigenvalue weighted by Crippen LogP contribution is -1.91. The predicted molar refractivity (Wildman–Crippen MR) is 90.6 cm³/mol. The maximum atomic E-state index is 6.20. The molecule has 0 aliphatic heterocycles. The molecular formula is C17H13BrClNO. The Kier molecular flexibility index (Phi) is 4.13. The second-order valence-corrected chi connectivity index (χ2v) is 5.74. The number of halogens is 2. The van der Waals surface area contributed by atoms with Gasteiger partial charge in [-0.25, -0.2) is 0 Å². The maximum Gasteiger partial charge on any atom is 0.153 e. The number of alkyl halides is 1. The van der Waals surface area contributed by atoms with E-state index in [0.717, 1.165) is 22.0 Å². The van der Waals surface area contributed by atoms with Crippen LogP contribution in [0.25, 0.3) is 10.9 Å². The first-order chi connectivity index (χ1) is 10.2. The Morgan fingerprint density at radius 3 is 2.81 bits per heavy atom. The molecular weight excluding hydrogens is 350 g/mol. The van der Waals surface area contributed by atoms with E-state index in [1.807, 2.05) is 36.4 Å². The summed E-state index contributed by atoms with van der Waals surface area (Å²) >= 11 is 9.67. The monoisotopic (exact) mass is 361 g/mol. The SMILES string of the molecule is Cc1cc(Oc2ccc(Cl)c3cccnc23)ccc1CBr. The minimum absolute atomic E-state index is 0.677. The second-order valence-electron chi connectivity index (χ2n) is 4.77. The van der Waals surface area contributed by atoms with E-state index in [0.29, 0.717) is 10.8 Å². The molecule has 106 valence electrons. The molecule has 3 rings (SSSR count). The van der Waals surface area contributed by atoms with Gasteiger partial charge in [0.05, 0.1) is 5.02 Å². The number of aryl methyl sites for hydroxylation is 1. The largest absolute Gasteiger partial charge is 0.455 e. The van der Waals surface area contributed by atoms with Crippen LogP contribution >= 0.6 is 27.5 Å². The molecule has 0 aliphatic rings. The van der Waals surface area contributed by atoms with E-state index < -0.39 is 0 Å². The van der Waals surface area contributed by atoms with Crippen LogP contribution in [0.15, 0.2) is 48.7 Å². The summed E-state index contributed by atoms with van der Waals surface area (Å²) in [6.07, 6.45) is 1.74. The van der Waals surface area contributed by atoms with Gasteiger partial charge in [-0.15, -0.1) is 0 Å². The van der Waals surface area contributed by atoms with Crippen molar-refractivity contribution in [2.24, 2.45) is 0 Å². The Morgan fingerprint density at radius 1 is 1.19 bits per heavy atom. The number of pyridine rings is 1. The van der Waals surface area contributed by atoms with Gasteiger partial charge in [0.2, 0.25) is 0 Å². The van der Waals surface area contributed by atoms with Gasteiger partial charge in [-0.2, -0.15) is 0 Å². The number of benzene rings is 2. The summed E-state index contributed by atoms with van der Waals surface area (Å²) in [6.45, 7) is 2.07. The molecule has 0 spiro atoms. The summed E-state index contributed by atoms with van der Waals surface area (Å²) in [5, 5.41) is 2.41. The molecule has 1 aromatic heterocycles. The van der Waals surface area contributed by atoms with Crippen molar-refractivity contribution < 1.29 is 4.74 Å². The molecule has 0 atom stereocenters. The van der Waals surface area contributed by atoms with Crippen LogP contribution in [-0.2, 0) is 5.33 Å². The first kappa shape index (κ1) is 14.4. The van der Waals surface area contributed by atoms with Crippen LogP contribution in [0.3, 0.4) is 0 Å². The normalized spacial score (nSPS) is 10.8. The van der Waals surface area contributed by atoms with Crippen LogP contribution in [0.4, 0.5) is 0 Å². The molecule has 0 bridgehead atoms. The van der Waals surface area contributed by atoms with E-state index >= 15 is 0 Å². The Hall–Kier alpha value is -1.58. The highest BCUT2D eigenvalue weighted by molar-refractivity contribution is 9.08. The van der Waals surface area contributed by atoms with Crippen molar-refractivity contribution in [3.05, 3.63) is 64.8 Å². The third-order valence-corrected chi connectivity index (χ3v) is 4.30. The molecule has 0 saturated heterocycles. The van der Waals surface area contributed by atoms with Crippen molar-refractivity contribution in [2.75, 3.05) is 0 Å². The lowest BCUT2D eigenvalue weighted by atomic mass is 10.1. The summed E-state index contributed by atoms with van der Waals surface area (Å²) in [5.41, 5.74) is 3.21. The zero-order chi connectivity index (χ0) is 14.8. The zero-order valence-corrected chi connectivity index (χ0v) is 13.8. The molecule has 4 heteroatoms. The highest BCUT2D eigenvalue weighted by atomic mass is 79.9. The molecule has 2 nitrogen and oxygen atoms in total. The summed E-state index contributed by atoms with van der Waals surface area (Å²) in [7, 11) is 0. The minimum atomic E-state index is 0.677. The number of ether oxygens (including phenoxy) is 1. The smallest absolute Gasteiger partial charge is 0.153 e. The number of fused-ring (bicyclic) bond motifs is 1. The van der Waals surface area contributed by atoms with Gasteiger partial charge in [-0.1, -0.05) is 33.6 Å². The molecule has 0 amide bonds. The quantitative estimate of drug-likeness (QED) is 0.542. The van der Waals surface area contributed by atoms with E-state index in [2.05, 4.69) is 33.9 Å². The van der Waals surface area contributed by atoms with Crippen LogP contribution in [0, 0.1) is 6.92 Å². The molecule has 21 heavy (non-hydrogen) atoms. The number of nitrogens with zero attached hydrogens (tertiary/aromatic N) is 1. The van der Waals surface area contributed by atoms with Crippen molar-refractivity contribution in [1.82, 2.24) is 4.98 Å². The number of aromatic nitrogens is 1. The number of hydrogen-bond donors (Lipinski definition) is 0. The molecule has 2 aromatic carbocycles. The van der Waals surface area contributed by atoms with Gasteiger partial charge in [-0.3, -0.25) is 4.98 Å². The maximum absolute atomic E-state index is 6.20. The van der Waals surface area contributed by atoms with Gasteiger partial charge in [0.25, 0.3) is 0 Å². The van der Waals surface area contributed by atoms with Crippen molar-refractivity contribution in [1.29, 1.82) is 0 Å². The van der Waals surface area contributed by atoms with Gasteiger partial charge < -0.3 is 4.74 Å². The Bertz CT molecular complexity index is 804. The van der Waals surface area contributed by atoms with Gasteiger partial charge in [0.1, 0.15) is 11.3 Å². The van der Waals surface area contributed by atoms with Crippen LogP contribution in [0.5, 0.6) is 11.5 Å². The van der Waals surface area contributed by atoms with E-state index in [1.165, 1.54) is 11.1 Å². The van der Waals surface area contributed by atoms with Crippen LogP contribution in [-0.4, -0.2) is 4.98 Å². The topological polar surface area (TPSA) is 22.1 Å². The fourth-order valence-electron chi connectivity index (χ4n) is 2.20. The highest BCUT2D eigenvalue weighted by Gasteiger charge is 2.08. The Labute approximate surface area is 136 Å². The summed E-state index contributed by atoms with van der Waals surface area (Å²) in [5.74, 6) is 1.51. The van der Waals surface area contributed by atoms with Gasteiger partial charge >= 0.3 is 0 Å². The molecule has 0 fully saturated rings. The lowest BCUT2D eigenvalue weighted by molar-refractivity contribution is 0.486. The summed E-state index contributed by atoms with van der Waals surface area (Å²) in [6, 6.07) is 13.5. The standard InChI is InChI=1S/C17H13BrClNO/c1-11-9-13(5-4-12(11)10-18)21-16-7-6-15(19)14-3-2-8-20-17(14)16/h2-9H,10H2,1H3. The summed E-state index contributed by atoms with van der Waals surface area (Å²) < 4.78 is 5.99. The van der Waals surface area contributed by atoms with Crippen molar-refractivity contribution >= 4 is 38.4 Å². The third kappa shape index (κ3) is 2.89. The summed E-state index contributed by atoms with van der Waals surface area (Å²) in [4.78, 5) is 4.38. The van der Waals surface area contributed by atoms with Crippen molar-refractivity contribution in [3.8, 4) is 11.5 Å². The molecule has 0 N–H and O–H groups in total. The van der Waals surface area contributed by atoms with Gasteiger partial charge in [0, 0.05) is 16.9 Å². The first-order valence-corrected chi connectivity index (χ1v) is 8.05.